The summed E-state index contributed by atoms with van der Waals surface area (Å²) in [6.07, 6.45) is 1.53. The van der Waals surface area contributed by atoms with Gasteiger partial charge >= 0.3 is 0 Å². The Morgan fingerprint density at radius 2 is 2.88 bits per heavy atom. The molecule has 0 saturated heterocycles. The van der Waals surface area contributed by atoms with E-state index in [4.69, 9.17) is 4.11 Å². The molecule has 40 valence electrons. The molecule has 8 heavy (non-hydrogen) atoms. The van der Waals surface area contributed by atoms with Crippen LogP contribution in [0.3, 0.4) is 0 Å². The van der Waals surface area contributed by atoms with Gasteiger partial charge in [0.2, 0.25) is 0 Å². The second-order valence-electron chi connectivity index (χ2n) is 1.34. The summed E-state index contributed by atoms with van der Waals surface area (Å²) in [5, 5.41) is 0. The third kappa shape index (κ3) is 0.936. The van der Waals surface area contributed by atoms with Crippen molar-refractivity contribution in [2.24, 2.45) is 0 Å². The molecule has 0 amide bonds. The zero-order valence-corrected chi connectivity index (χ0v) is 4.26. The van der Waals surface area contributed by atoms with E-state index in [9.17, 15) is 0 Å². The summed E-state index contributed by atoms with van der Waals surface area (Å²) < 4.78 is 20.9. The van der Waals surface area contributed by atoms with Gasteiger partial charge in [-0.25, -0.2) is 0 Å². The largest absolute Gasteiger partial charge is 0.257 e. The summed E-state index contributed by atoms with van der Waals surface area (Å²) >= 11 is 0. The van der Waals surface area contributed by atoms with Crippen LogP contribution in [0.2, 0.25) is 0 Å². The fourth-order valence-corrected chi connectivity index (χ4v) is 0.437. The van der Waals surface area contributed by atoms with Gasteiger partial charge in [0, 0.05) is 6.20 Å². The van der Waals surface area contributed by atoms with Crippen molar-refractivity contribution in [1.29, 1.82) is 0 Å². The molecule has 0 atom stereocenters. The quantitative estimate of drug-likeness (QED) is 0.533. The average Bonchev–Trinajstić information content (AvgIpc) is 2.05. The van der Waals surface area contributed by atoms with Gasteiger partial charge in [0.05, 0.1) is 9.81 Å². The molecular weight excluding hydrogens is 98.1 g/mol. The van der Waals surface area contributed by atoms with Crippen LogP contribution in [-0.4, -0.2) is 4.98 Å². The second-order valence-corrected chi connectivity index (χ2v) is 1.34. The smallest absolute Gasteiger partial charge is 0.0639 e. The maximum atomic E-state index is 7.21. The van der Waals surface area contributed by atoms with Crippen LogP contribution in [0, 0.1) is 0 Å². The third-order valence-electron chi connectivity index (χ3n) is 0.793. The average molecular weight is 108 g/mol. The fraction of sp³-hybridized carbons (Fsp3) is 0. The standard InChI is InChI=1S/C7H7N/c1-2-7-5-3-4-6-8-7/h2-6H,1H2/i1D2,2D. The van der Waals surface area contributed by atoms with Gasteiger partial charge in [-0.3, -0.25) is 4.98 Å². The highest BCUT2D eigenvalue weighted by Gasteiger charge is 1.77. The summed E-state index contributed by atoms with van der Waals surface area (Å²) in [6.45, 7) is -0.510. The predicted octanol–water partition coefficient (Wildman–Crippen LogP) is 1.72. The fourth-order valence-electron chi connectivity index (χ4n) is 0.437. The van der Waals surface area contributed by atoms with Crippen LogP contribution in [0.15, 0.2) is 30.9 Å². The third-order valence-corrected chi connectivity index (χ3v) is 0.793. The van der Waals surface area contributed by atoms with Crippen LogP contribution in [-0.2, 0) is 0 Å². The summed E-state index contributed by atoms with van der Waals surface area (Å²) in [6, 6.07) is 4.90. The first-order chi connectivity index (χ1) is 5.22. The maximum absolute atomic E-state index is 7.21. The SMILES string of the molecule is [2H]C([2H])=C([2H])c1ccccn1. The Morgan fingerprint density at radius 1 is 1.88 bits per heavy atom. The minimum Gasteiger partial charge on any atom is -0.257 e. The van der Waals surface area contributed by atoms with Gasteiger partial charge in [-0.05, 0) is 18.2 Å². The minimum atomic E-state index is -0.510. The van der Waals surface area contributed by atoms with E-state index in [0.29, 0.717) is 5.69 Å². The van der Waals surface area contributed by atoms with Gasteiger partial charge in [0.15, 0.2) is 0 Å². The lowest BCUT2D eigenvalue weighted by Crippen LogP contribution is -1.73. The molecule has 0 N–H and O–H groups in total. The minimum absolute atomic E-state index is 0.148. The van der Waals surface area contributed by atoms with Crippen molar-refractivity contribution >= 4 is 6.05 Å². The lowest BCUT2D eigenvalue weighted by atomic mass is 10.4. The number of hydrogen-bond donors (Lipinski definition) is 0. The van der Waals surface area contributed by atoms with Crippen molar-refractivity contribution in [2.75, 3.05) is 0 Å². The van der Waals surface area contributed by atoms with Gasteiger partial charge in [0.1, 0.15) is 0 Å². The van der Waals surface area contributed by atoms with Crippen LogP contribution in [0.25, 0.3) is 6.05 Å². The van der Waals surface area contributed by atoms with Crippen molar-refractivity contribution in [3.8, 4) is 0 Å². The topological polar surface area (TPSA) is 12.9 Å². The van der Waals surface area contributed by atoms with Crippen molar-refractivity contribution in [2.45, 2.75) is 0 Å². The summed E-state index contributed by atoms with van der Waals surface area (Å²) in [7, 11) is 0. The number of nitrogens with zero attached hydrogens (tertiary/aromatic N) is 1. The number of pyridine rings is 1. The molecule has 0 fully saturated rings. The van der Waals surface area contributed by atoms with Crippen molar-refractivity contribution in [3.05, 3.63) is 36.6 Å². The van der Waals surface area contributed by atoms with Crippen LogP contribution >= 0.6 is 0 Å². The molecule has 0 saturated carbocycles. The molecule has 1 nitrogen and oxygen atoms in total. The lowest BCUT2D eigenvalue weighted by molar-refractivity contribution is 1.30. The first-order valence-electron chi connectivity index (χ1n) is 3.77. The normalized spacial score (nSPS) is 13.2. The maximum Gasteiger partial charge on any atom is 0.0639 e. The van der Waals surface area contributed by atoms with Gasteiger partial charge in [-0.1, -0.05) is 12.6 Å². The first kappa shape index (κ1) is 2.44. The second kappa shape index (κ2) is 2.26. The first-order valence-corrected chi connectivity index (χ1v) is 2.27. The van der Waals surface area contributed by atoms with E-state index in [2.05, 4.69) is 4.98 Å². The number of hydrogen-bond acceptors (Lipinski definition) is 1. The monoisotopic (exact) mass is 108 g/mol. The van der Waals surface area contributed by atoms with Crippen molar-refractivity contribution in [3.63, 3.8) is 0 Å². The summed E-state index contributed by atoms with van der Waals surface area (Å²) in [5.41, 5.74) is 0.368. The molecule has 1 heteroatoms. The highest BCUT2D eigenvalue weighted by atomic mass is 14.6. The molecule has 1 aromatic heterocycles. The van der Waals surface area contributed by atoms with E-state index in [1.54, 1.807) is 18.2 Å². The molecule has 1 aromatic rings. The predicted molar refractivity (Wildman–Crippen MR) is 34.3 cm³/mol. The van der Waals surface area contributed by atoms with E-state index >= 15 is 0 Å². The van der Waals surface area contributed by atoms with Crippen LogP contribution in [0.4, 0.5) is 0 Å². The zero-order chi connectivity index (χ0) is 8.27. The molecule has 0 aliphatic rings. The number of aromatic nitrogens is 1. The molecule has 1 heterocycles. The Bertz CT molecular complexity index is 264. The van der Waals surface area contributed by atoms with Crippen molar-refractivity contribution < 1.29 is 4.11 Å². The van der Waals surface area contributed by atoms with E-state index in [1.807, 2.05) is 0 Å². The highest BCUT2D eigenvalue weighted by Crippen LogP contribution is 1.91. The number of rotatable bonds is 1. The van der Waals surface area contributed by atoms with E-state index < -0.39 is 6.53 Å². The zero-order valence-electron chi connectivity index (χ0n) is 7.26. The Kier molecular flexibility index (Phi) is 0.691. The van der Waals surface area contributed by atoms with Gasteiger partial charge < -0.3 is 0 Å². The Labute approximate surface area is 52.9 Å². The van der Waals surface area contributed by atoms with E-state index in [0.717, 1.165) is 0 Å². The van der Waals surface area contributed by atoms with E-state index in [1.165, 1.54) is 6.20 Å². The molecule has 0 bridgehead atoms. The van der Waals surface area contributed by atoms with E-state index in [-0.39, 0.29) is 6.05 Å². The Hall–Kier alpha value is -1.11. The molecule has 0 radical (unpaired) electrons. The lowest BCUT2D eigenvalue weighted by Gasteiger charge is -1.84. The molecule has 0 spiro atoms. The van der Waals surface area contributed by atoms with Crippen LogP contribution in [0.5, 0.6) is 0 Å². The van der Waals surface area contributed by atoms with Crippen LogP contribution in [0.1, 0.15) is 9.81 Å². The molecule has 1 rings (SSSR count). The van der Waals surface area contributed by atoms with Gasteiger partial charge in [-0.2, -0.15) is 0 Å². The summed E-state index contributed by atoms with van der Waals surface area (Å²) in [4.78, 5) is 3.81. The Balaban J connectivity index is 3.04. The van der Waals surface area contributed by atoms with Gasteiger partial charge in [-0.15, -0.1) is 0 Å². The molecule has 0 unspecified atom stereocenters. The van der Waals surface area contributed by atoms with Crippen LogP contribution < -0.4 is 0 Å². The Morgan fingerprint density at radius 3 is 3.50 bits per heavy atom. The summed E-state index contributed by atoms with van der Waals surface area (Å²) in [5.74, 6) is 0. The highest BCUT2D eigenvalue weighted by molar-refractivity contribution is 5.40. The molecule has 0 aliphatic carbocycles. The van der Waals surface area contributed by atoms with Crippen molar-refractivity contribution in [1.82, 2.24) is 4.98 Å². The molecule has 0 aliphatic heterocycles. The molecular formula is C7H7N. The van der Waals surface area contributed by atoms with Gasteiger partial charge in [0.25, 0.3) is 0 Å². The molecule has 0 aromatic carbocycles.